The fourth-order valence-corrected chi connectivity index (χ4v) is 6.47. The summed E-state index contributed by atoms with van der Waals surface area (Å²) in [7, 11) is -3.58. The third kappa shape index (κ3) is 6.24. The number of hydrogen-bond acceptors (Lipinski definition) is 6. The maximum absolute atomic E-state index is 13.5. The van der Waals surface area contributed by atoms with Crippen LogP contribution in [0.25, 0.3) is 16.6 Å². The van der Waals surface area contributed by atoms with Crippen LogP contribution in [0, 0.1) is 0 Å². The monoisotopic (exact) mass is 564 g/mol. The first-order valence-electron chi connectivity index (χ1n) is 12.8. The Kier molecular flexibility index (Phi) is 8.89. The molecule has 0 aliphatic rings. The fourth-order valence-electron chi connectivity index (χ4n) is 4.20. The maximum atomic E-state index is 13.5. The Morgan fingerprint density at radius 1 is 0.974 bits per heavy atom. The van der Waals surface area contributed by atoms with Gasteiger partial charge in [0.25, 0.3) is 5.56 Å². The van der Waals surface area contributed by atoms with Crippen molar-refractivity contribution in [2.24, 2.45) is 0 Å². The molecule has 0 spiro atoms. The van der Waals surface area contributed by atoms with E-state index in [4.69, 9.17) is 4.98 Å². The van der Waals surface area contributed by atoms with Crippen LogP contribution >= 0.6 is 11.8 Å². The van der Waals surface area contributed by atoms with Crippen LogP contribution in [0.2, 0.25) is 0 Å². The second-order valence-corrected chi connectivity index (χ2v) is 12.1. The number of fused-ring (bicyclic) bond motifs is 1. The Labute approximate surface area is 233 Å². The molecule has 0 saturated carbocycles. The number of rotatable bonds is 10. The zero-order valence-corrected chi connectivity index (χ0v) is 24.1. The van der Waals surface area contributed by atoms with Crippen molar-refractivity contribution in [3.8, 4) is 5.69 Å². The van der Waals surface area contributed by atoms with Gasteiger partial charge in [-0.3, -0.25) is 14.2 Å². The molecule has 0 bridgehead atoms. The quantitative estimate of drug-likeness (QED) is 0.208. The van der Waals surface area contributed by atoms with Gasteiger partial charge in [-0.1, -0.05) is 63.7 Å². The van der Waals surface area contributed by atoms with Crippen LogP contribution in [0.4, 0.5) is 5.69 Å². The van der Waals surface area contributed by atoms with Crippen molar-refractivity contribution >= 4 is 44.3 Å². The summed E-state index contributed by atoms with van der Waals surface area (Å²) in [6, 6.07) is 21.0. The van der Waals surface area contributed by atoms with Crippen molar-refractivity contribution in [2.45, 2.75) is 43.7 Å². The summed E-state index contributed by atoms with van der Waals surface area (Å²) in [6.07, 6.45) is 0. The molecule has 3 aromatic carbocycles. The number of benzene rings is 3. The van der Waals surface area contributed by atoms with Crippen molar-refractivity contribution < 1.29 is 13.2 Å². The van der Waals surface area contributed by atoms with Gasteiger partial charge in [-0.2, -0.15) is 4.31 Å². The molecule has 10 heteroatoms. The molecule has 39 heavy (non-hydrogen) atoms. The lowest BCUT2D eigenvalue weighted by Gasteiger charge is -2.18. The van der Waals surface area contributed by atoms with Crippen molar-refractivity contribution in [3.63, 3.8) is 0 Å². The SMILES string of the molecule is CCN(CC)S(=O)(=O)c1ccc(NC(=O)CSc2nc3ccccc3c(=O)n2-c2ccc(C(C)C)cc2)cc1. The van der Waals surface area contributed by atoms with Gasteiger partial charge < -0.3 is 5.32 Å². The van der Waals surface area contributed by atoms with E-state index in [1.165, 1.54) is 21.0 Å². The normalized spacial score (nSPS) is 11.8. The number of thioether (sulfide) groups is 1. The van der Waals surface area contributed by atoms with Gasteiger partial charge in [-0.15, -0.1) is 0 Å². The summed E-state index contributed by atoms with van der Waals surface area (Å²) in [4.78, 5) is 31.1. The first kappa shape index (κ1) is 28.5. The van der Waals surface area contributed by atoms with E-state index >= 15 is 0 Å². The van der Waals surface area contributed by atoms with E-state index in [1.54, 1.807) is 44.2 Å². The molecule has 0 unspecified atom stereocenters. The summed E-state index contributed by atoms with van der Waals surface area (Å²) in [5.74, 6) is 0.0619. The van der Waals surface area contributed by atoms with Gasteiger partial charge >= 0.3 is 0 Å². The topological polar surface area (TPSA) is 101 Å². The molecule has 4 rings (SSSR count). The predicted molar refractivity (Wildman–Crippen MR) is 157 cm³/mol. The van der Waals surface area contributed by atoms with E-state index in [0.717, 1.165) is 17.3 Å². The second kappa shape index (κ2) is 12.1. The second-order valence-electron chi connectivity index (χ2n) is 9.25. The molecule has 4 aromatic rings. The number of nitrogens with one attached hydrogen (secondary N) is 1. The van der Waals surface area contributed by atoms with Crippen molar-refractivity contribution in [1.82, 2.24) is 13.9 Å². The molecule has 1 heterocycles. The van der Waals surface area contributed by atoms with Gasteiger partial charge in [-0.05, 0) is 60.0 Å². The lowest BCUT2D eigenvalue weighted by molar-refractivity contribution is -0.113. The maximum Gasteiger partial charge on any atom is 0.266 e. The lowest BCUT2D eigenvalue weighted by Crippen LogP contribution is -2.30. The third-order valence-electron chi connectivity index (χ3n) is 6.38. The molecule has 8 nitrogen and oxygen atoms in total. The summed E-state index contributed by atoms with van der Waals surface area (Å²) in [6.45, 7) is 8.55. The van der Waals surface area contributed by atoms with Crippen LogP contribution < -0.4 is 10.9 Å². The number of carbonyl (C=O) groups is 1. The molecule has 1 aromatic heterocycles. The van der Waals surface area contributed by atoms with Gasteiger partial charge in [-0.25, -0.2) is 13.4 Å². The van der Waals surface area contributed by atoms with Gasteiger partial charge in [0, 0.05) is 18.8 Å². The largest absolute Gasteiger partial charge is 0.325 e. The molecule has 0 radical (unpaired) electrons. The standard InChI is InChI=1S/C29H32N4O4S2/c1-5-32(6-2)39(36,37)24-17-13-22(14-18-24)30-27(34)19-38-29-31-26-10-8-7-9-25(26)28(35)33(29)23-15-11-21(12-16-23)20(3)4/h7-18,20H,5-6,19H2,1-4H3,(H,30,34). The Hall–Kier alpha value is -3.47. The minimum atomic E-state index is -3.58. The summed E-state index contributed by atoms with van der Waals surface area (Å²) >= 11 is 1.16. The summed E-state index contributed by atoms with van der Waals surface area (Å²) in [5.41, 5.74) is 2.67. The average molecular weight is 565 g/mol. The molecule has 0 saturated heterocycles. The Morgan fingerprint density at radius 2 is 1.62 bits per heavy atom. The fraction of sp³-hybridized carbons (Fsp3) is 0.276. The highest BCUT2D eigenvalue weighted by Crippen LogP contribution is 2.24. The smallest absolute Gasteiger partial charge is 0.266 e. The molecule has 0 atom stereocenters. The molecule has 204 valence electrons. The number of anilines is 1. The molecular formula is C29H32N4O4S2. The number of sulfonamides is 1. The minimum Gasteiger partial charge on any atom is -0.325 e. The molecular weight excluding hydrogens is 532 g/mol. The van der Waals surface area contributed by atoms with Crippen LogP contribution in [0.3, 0.4) is 0 Å². The number of nitrogens with zero attached hydrogens (tertiary/aromatic N) is 3. The molecule has 1 N–H and O–H groups in total. The first-order chi connectivity index (χ1) is 18.6. The van der Waals surface area contributed by atoms with E-state index in [2.05, 4.69) is 19.2 Å². The van der Waals surface area contributed by atoms with Crippen LogP contribution in [-0.2, 0) is 14.8 Å². The highest BCUT2D eigenvalue weighted by Gasteiger charge is 2.21. The van der Waals surface area contributed by atoms with Gasteiger partial charge in [0.1, 0.15) is 0 Å². The summed E-state index contributed by atoms with van der Waals surface area (Å²) in [5, 5.41) is 3.70. The highest BCUT2D eigenvalue weighted by atomic mass is 32.2. The Bertz CT molecular complexity index is 1630. The Balaban J connectivity index is 1.55. The molecule has 0 aliphatic carbocycles. The van der Waals surface area contributed by atoms with Crippen LogP contribution in [0.5, 0.6) is 0 Å². The van der Waals surface area contributed by atoms with E-state index in [9.17, 15) is 18.0 Å². The number of amides is 1. The van der Waals surface area contributed by atoms with Gasteiger partial charge in [0.2, 0.25) is 15.9 Å². The van der Waals surface area contributed by atoms with E-state index in [1.807, 2.05) is 30.3 Å². The van der Waals surface area contributed by atoms with Gasteiger partial charge in [0.15, 0.2) is 5.16 Å². The first-order valence-corrected chi connectivity index (χ1v) is 15.2. The van der Waals surface area contributed by atoms with E-state index < -0.39 is 10.0 Å². The number of carbonyl (C=O) groups excluding carboxylic acids is 1. The molecule has 0 aliphatic heterocycles. The number of aromatic nitrogens is 2. The van der Waals surface area contributed by atoms with Gasteiger partial charge in [0.05, 0.1) is 27.2 Å². The molecule has 1 amide bonds. The predicted octanol–water partition coefficient (Wildman–Crippen LogP) is 5.27. The van der Waals surface area contributed by atoms with Crippen molar-refractivity contribution in [1.29, 1.82) is 0 Å². The Morgan fingerprint density at radius 3 is 2.23 bits per heavy atom. The molecule has 0 fully saturated rings. The zero-order chi connectivity index (χ0) is 28.2. The number of hydrogen-bond donors (Lipinski definition) is 1. The lowest BCUT2D eigenvalue weighted by atomic mass is 10.0. The summed E-state index contributed by atoms with van der Waals surface area (Å²) < 4.78 is 28.3. The van der Waals surface area contributed by atoms with Crippen LogP contribution in [0.1, 0.15) is 39.2 Å². The third-order valence-corrected chi connectivity index (χ3v) is 9.38. The minimum absolute atomic E-state index is 0.00829. The van der Waals surface area contributed by atoms with E-state index in [0.29, 0.717) is 46.4 Å². The highest BCUT2D eigenvalue weighted by molar-refractivity contribution is 7.99. The average Bonchev–Trinajstić information content (AvgIpc) is 2.93. The number of para-hydroxylation sites is 1. The van der Waals surface area contributed by atoms with Crippen LogP contribution in [-0.4, -0.2) is 47.0 Å². The van der Waals surface area contributed by atoms with Crippen LogP contribution in [0.15, 0.2) is 87.6 Å². The van der Waals surface area contributed by atoms with Crippen molar-refractivity contribution in [2.75, 3.05) is 24.2 Å². The van der Waals surface area contributed by atoms with Crippen molar-refractivity contribution in [3.05, 3.63) is 88.7 Å². The van der Waals surface area contributed by atoms with E-state index in [-0.39, 0.29) is 22.1 Å². The zero-order valence-electron chi connectivity index (χ0n) is 22.4.